The lowest BCUT2D eigenvalue weighted by atomic mass is 10.1. The summed E-state index contributed by atoms with van der Waals surface area (Å²) in [5, 5.41) is 0. The average molecular weight is 230 g/mol. The Bertz CT molecular complexity index is 356. The number of alkyl halides is 3. The molecule has 0 amide bonds. The highest BCUT2D eigenvalue weighted by Crippen LogP contribution is 2.49. The Morgan fingerprint density at radius 3 is 2.31 bits per heavy atom. The number of hydrogen-bond acceptors (Lipinski definition) is 1. The van der Waals surface area contributed by atoms with Crippen molar-refractivity contribution in [3.63, 3.8) is 0 Å². The van der Waals surface area contributed by atoms with Crippen LogP contribution in [-0.4, -0.2) is 6.36 Å². The molecular weight excluding hydrogens is 217 g/mol. The molecule has 1 saturated carbocycles. The predicted molar refractivity (Wildman–Crippen MR) is 54.3 cm³/mol. The third kappa shape index (κ3) is 2.68. The molecule has 1 aromatic rings. The normalized spacial score (nSPS) is 24.2. The molecule has 0 spiro atoms. The molecule has 1 nitrogen and oxygen atoms in total. The van der Waals surface area contributed by atoms with Crippen LogP contribution in [0.2, 0.25) is 0 Å². The van der Waals surface area contributed by atoms with Crippen molar-refractivity contribution < 1.29 is 17.9 Å². The molecule has 1 aliphatic rings. The van der Waals surface area contributed by atoms with Gasteiger partial charge in [-0.15, -0.1) is 13.2 Å². The molecule has 2 rings (SSSR count). The quantitative estimate of drug-likeness (QED) is 0.759. The van der Waals surface area contributed by atoms with Gasteiger partial charge in [0.25, 0.3) is 0 Å². The molecule has 1 aliphatic carbocycles. The van der Waals surface area contributed by atoms with Gasteiger partial charge in [0, 0.05) is 0 Å². The standard InChI is InChI=1S/C12H13F3O/c1-2-8-7-11(8)9-3-5-10(6-4-9)16-12(13,14)15/h3-6,8,11H,2,7H2,1H3/t8-,11+/m0/s1. The van der Waals surface area contributed by atoms with Crippen LogP contribution in [0.3, 0.4) is 0 Å². The van der Waals surface area contributed by atoms with Gasteiger partial charge in [-0.25, -0.2) is 0 Å². The zero-order valence-electron chi connectivity index (χ0n) is 8.92. The smallest absolute Gasteiger partial charge is 0.406 e. The van der Waals surface area contributed by atoms with Crippen LogP contribution in [0.1, 0.15) is 31.2 Å². The fourth-order valence-electron chi connectivity index (χ4n) is 2.02. The number of rotatable bonds is 3. The van der Waals surface area contributed by atoms with Crippen LogP contribution in [0.15, 0.2) is 24.3 Å². The summed E-state index contributed by atoms with van der Waals surface area (Å²) in [7, 11) is 0. The second-order valence-corrected chi connectivity index (χ2v) is 4.13. The first-order valence-corrected chi connectivity index (χ1v) is 5.35. The van der Waals surface area contributed by atoms with E-state index in [9.17, 15) is 13.2 Å². The highest BCUT2D eigenvalue weighted by atomic mass is 19.4. The fraction of sp³-hybridized carbons (Fsp3) is 0.500. The van der Waals surface area contributed by atoms with E-state index in [1.54, 1.807) is 12.1 Å². The molecule has 2 atom stereocenters. The first-order chi connectivity index (χ1) is 7.49. The van der Waals surface area contributed by atoms with Crippen molar-refractivity contribution in [1.82, 2.24) is 0 Å². The van der Waals surface area contributed by atoms with E-state index in [2.05, 4.69) is 11.7 Å². The minimum absolute atomic E-state index is 0.148. The van der Waals surface area contributed by atoms with Gasteiger partial charge >= 0.3 is 6.36 Å². The van der Waals surface area contributed by atoms with Crippen LogP contribution in [0, 0.1) is 5.92 Å². The summed E-state index contributed by atoms with van der Waals surface area (Å²) in [5.74, 6) is 1.09. The van der Waals surface area contributed by atoms with E-state index in [1.165, 1.54) is 12.1 Å². The summed E-state index contributed by atoms with van der Waals surface area (Å²) >= 11 is 0. The SMILES string of the molecule is CC[C@H]1C[C@H]1c1ccc(OC(F)(F)F)cc1. The molecule has 1 aromatic carbocycles. The maximum absolute atomic E-state index is 11.9. The van der Waals surface area contributed by atoms with Crippen LogP contribution in [0.5, 0.6) is 5.75 Å². The second kappa shape index (κ2) is 4.00. The summed E-state index contributed by atoms with van der Waals surface area (Å²) in [6.07, 6.45) is -2.32. The summed E-state index contributed by atoms with van der Waals surface area (Å²) in [5.41, 5.74) is 1.11. The Hall–Kier alpha value is -1.19. The van der Waals surface area contributed by atoms with E-state index in [1.807, 2.05) is 0 Å². The van der Waals surface area contributed by atoms with E-state index in [4.69, 9.17) is 0 Å². The Labute approximate surface area is 92.2 Å². The number of ether oxygens (including phenoxy) is 1. The lowest BCUT2D eigenvalue weighted by Gasteiger charge is -2.09. The summed E-state index contributed by atoms with van der Waals surface area (Å²) in [6.45, 7) is 2.13. The van der Waals surface area contributed by atoms with E-state index in [0.29, 0.717) is 11.8 Å². The number of halogens is 3. The Morgan fingerprint density at radius 2 is 1.88 bits per heavy atom. The average Bonchev–Trinajstić information content (AvgIpc) is 2.95. The molecule has 88 valence electrons. The summed E-state index contributed by atoms with van der Waals surface area (Å²) in [4.78, 5) is 0. The highest BCUT2D eigenvalue weighted by Gasteiger charge is 2.36. The Balaban J connectivity index is 2.00. The molecule has 0 saturated heterocycles. The molecule has 0 unspecified atom stereocenters. The summed E-state index contributed by atoms with van der Waals surface area (Å²) in [6, 6.07) is 6.21. The first kappa shape index (κ1) is 11.3. The van der Waals surface area contributed by atoms with E-state index in [0.717, 1.165) is 18.4 Å². The van der Waals surface area contributed by atoms with Gasteiger partial charge < -0.3 is 4.74 Å². The van der Waals surface area contributed by atoms with Crippen LogP contribution in [0.25, 0.3) is 0 Å². The molecule has 16 heavy (non-hydrogen) atoms. The first-order valence-electron chi connectivity index (χ1n) is 5.35. The van der Waals surface area contributed by atoms with Gasteiger partial charge in [-0.1, -0.05) is 25.5 Å². The maximum Gasteiger partial charge on any atom is 0.573 e. The second-order valence-electron chi connectivity index (χ2n) is 4.13. The largest absolute Gasteiger partial charge is 0.573 e. The van der Waals surface area contributed by atoms with Crippen molar-refractivity contribution in [3.8, 4) is 5.75 Å². The molecule has 0 aromatic heterocycles. The molecule has 0 radical (unpaired) electrons. The Kier molecular flexibility index (Phi) is 2.82. The van der Waals surface area contributed by atoms with Crippen LogP contribution >= 0.6 is 0 Å². The highest BCUT2D eigenvalue weighted by molar-refractivity contribution is 5.32. The van der Waals surface area contributed by atoms with Gasteiger partial charge in [-0.2, -0.15) is 0 Å². The zero-order chi connectivity index (χ0) is 11.8. The van der Waals surface area contributed by atoms with Crippen LogP contribution in [0.4, 0.5) is 13.2 Å². The van der Waals surface area contributed by atoms with Crippen molar-refractivity contribution in [2.24, 2.45) is 5.92 Å². The minimum Gasteiger partial charge on any atom is -0.406 e. The van der Waals surface area contributed by atoms with Crippen molar-refractivity contribution >= 4 is 0 Å². The van der Waals surface area contributed by atoms with Crippen molar-refractivity contribution in [3.05, 3.63) is 29.8 Å². The minimum atomic E-state index is -4.60. The monoisotopic (exact) mass is 230 g/mol. The van der Waals surface area contributed by atoms with E-state index in [-0.39, 0.29) is 5.75 Å². The number of benzene rings is 1. The maximum atomic E-state index is 11.9. The van der Waals surface area contributed by atoms with Gasteiger partial charge in [0.05, 0.1) is 0 Å². The predicted octanol–water partition coefficient (Wildman–Crippen LogP) is 4.10. The molecule has 0 heterocycles. The van der Waals surface area contributed by atoms with E-state index < -0.39 is 6.36 Å². The van der Waals surface area contributed by atoms with Gasteiger partial charge in [-0.05, 0) is 36.0 Å². The van der Waals surface area contributed by atoms with Crippen LogP contribution in [-0.2, 0) is 0 Å². The third-order valence-electron chi connectivity index (χ3n) is 2.99. The zero-order valence-corrected chi connectivity index (χ0v) is 8.92. The molecule has 0 bridgehead atoms. The van der Waals surface area contributed by atoms with Crippen molar-refractivity contribution in [1.29, 1.82) is 0 Å². The fourth-order valence-corrected chi connectivity index (χ4v) is 2.02. The van der Waals surface area contributed by atoms with Crippen molar-refractivity contribution in [2.45, 2.75) is 32.0 Å². The van der Waals surface area contributed by atoms with Gasteiger partial charge in [-0.3, -0.25) is 0 Å². The molecule has 0 N–H and O–H groups in total. The van der Waals surface area contributed by atoms with Gasteiger partial charge in [0.1, 0.15) is 5.75 Å². The van der Waals surface area contributed by atoms with Crippen molar-refractivity contribution in [2.75, 3.05) is 0 Å². The third-order valence-corrected chi connectivity index (χ3v) is 2.99. The summed E-state index contributed by atoms with van der Waals surface area (Å²) < 4.78 is 39.5. The molecule has 4 heteroatoms. The lowest BCUT2D eigenvalue weighted by molar-refractivity contribution is -0.274. The Morgan fingerprint density at radius 1 is 1.25 bits per heavy atom. The molecular formula is C12H13F3O. The van der Waals surface area contributed by atoms with Crippen LogP contribution < -0.4 is 4.74 Å². The topological polar surface area (TPSA) is 9.23 Å². The lowest BCUT2D eigenvalue weighted by Crippen LogP contribution is -2.16. The molecule has 1 fully saturated rings. The van der Waals surface area contributed by atoms with Gasteiger partial charge in [0.2, 0.25) is 0 Å². The van der Waals surface area contributed by atoms with E-state index >= 15 is 0 Å². The number of hydrogen-bond donors (Lipinski definition) is 0. The molecule has 0 aliphatic heterocycles. The van der Waals surface area contributed by atoms with Gasteiger partial charge in [0.15, 0.2) is 0 Å².